The molecule has 4 fully saturated rings. The number of carbonyl (C=O) groups is 4. The molecule has 0 aromatic heterocycles. The third-order valence-corrected chi connectivity index (χ3v) is 25.2. The third kappa shape index (κ3) is 36.3. The molecule has 4 aliphatic heterocycles. The second-order valence-corrected chi connectivity index (χ2v) is 39.0. The Hall–Kier alpha value is -11.5. The van der Waals surface area contributed by atoms with E-state index in [0.717, 1.165) is 145 Å². The van der Waals surface area contributed by atoms with Crippen LogP contribution < -0.4 is 26.2 Å². The highest BCUT2D eigenvalue weighted by atomic mass is 79.9. The molecule has 10 aromatic carbocycles. The molecular formula is C111H131Br2Cl2F4N15O5. The monoisotopic (exact) mass is 2060 g/mol. The molecule has 0 saturated carbocycles. The van der Waals surface area contributed by atoms with Gasteiger partial charge in [0.15, 0.2) is 5.56 Å². The normalized spacial score (nSPS) is 14.4. The lowest BCUT2D eigenvalue weighted by Crippen LogP contribution is -2.43. The number of hydrogen-bond acceptors (Lipinski definition) is 17. The fraction of sp³-hybridized carbons (Fsp3) is 0.387. The van der Waals surface area contributed by atoms with Gasteiger partial charge in [-0.2, -0.15) is 21.0 Å². The number of rotatable bonds is 24. The van der Waals surface area contributed by atoms with Crippen LogP contribution in [0.1, 0.15) is 211 Å². The molecule has 0 spiro atoms. The minimum absolute atomic E-state index is 0.0115. The maximum Gasteiger partial charge on any atom is 0.405 e. The Kier molecular flexibility index (Phi) is 47.0. The number of ether oxygens (including phenoxy) is 1. The van der Waals surface area contributed by atoms with Crippen molar-refractivity contribution in [2.45, 2.75) is 227 Å². The predicted octanol–water partition coefficient (Wildman–Crippen LogP) is 25.1. The van der Waals surface area contributed by atoms with Crippen molar-refractivity contribution in [1.29, 1.82) is 21.0 Å². The van der Waals surface area contributed by atoms with Gasteiger partial charge in [0, 0.05) is 150 Å². The van der Waals surface area contributed by atoms with Crippen molar-refractivity contribution >= 4 is 107 Å². The number of nitriles is 4. The number of nitrogens with two attached hydrogens (primary N) is 1. The lowest BCUT2D eigenvalue weighted by molar-refractivity contribution is 0.0634. The second-order valence-electron chi connectivity index (χ2n) is 36.3. The van der Waals surface area contributed by atoms with Crippen molar-refractivity contribution in [3.63, 3.8) is 0 Å². The highest BCUT2D eigenvalue weighted by Crippen LogP contribution is 2.38. The number of alkyl halides is 1. The van der Waals surface area contributed by atoms with Gasteiger partial charge in [0.1, 0.15) is 23.3 Å². The Labute approximate surface area is 846 Å². The van der Waals surface area contributed by atoms with Crippen LogP contribution in [0.25, 0.3) is 0 Å². The van der Waals surface area contributed by atoms with Crippen LogP contribution in [0.2, 0.25) is 0 Å². The van der Waals surface area contributed by atoms with Crippen molar-refractivity contribution in [2.75, 3.05) is 67.5 Å². The first-order chi connectivity index (χ1) is 66.5. The number of anilines is 5. The predicted molar refractivity (Wildman–Crippen MR) is 558 cm³/mol. The number of carbonyl (C=O) groups excluding carboxylic acids is 4. The average Bonchev–Trinajstić information content (AvgIpc) is 0.788. The number of benzene rings is 10. The van der Waals surface area contributed by atoms with Crippen LogP contribution in [-0.2, 0) is 24.4 Å². The zero-order chi connectivity index (χ0) is 101. The molecule has 4 heterocycles. The number of piperidine rings is 4. The number of nitrogens with zero attached hydrogens (tertiary/aromatic N) is 12. The lowest BCUT2D eigenvalue weighted by atomic mass is 9.99. The van der Waals surface area contributed by atoms with Crippen molar-refractivity contribution in [3.8, 4) is 24.3 Å². The molecule has 4 aliphatic rings. The highest BCUT2D eigenvalue weighted by Gasteiger charge is 2.32. The number of likely N-dealkylation sites (tertiary alicyclic amines) is 3. The Morgan fingerprint density at radius 3 is 1.05 bits per heavy atom. The van der Waals surface area contributed by atoms with Gasteiger partial charge >= 0.3 is 5.43 Å². The van der Waals surface area contributed by atoms with Gasteiger partial charge in [0.25, 0.3) is 17.7 Å². The van der Waals surface area contributed by atoms with Crippen LogP contribution in [0, 0.1) is 68.6 Å². The van der Waals surface area contributed by atoms with Crippen LogP contribution in [0.4, 0.5) is 50.8 Å². The molecule has 4 N–H and O–H groups in total. The summed E-state index contributed by atoms with van der Waals surface area (Å²) in [7, 11) is 0. The fourth-order valence-electron chi connectivity index (χ4n) is 17.3. The van der Waals surface area contributed by atoms with Crippen molar-refractivity contribution in [1.82, 2.24) is 34.7 Å². The lowest BCUT2D eigenvalue weighted by Gasteiger charge is -2.40. The van der Waals surface area contributed by atoms with Gasteiger partial charge in [-0.25, -0.2) is 22.4 Å². The van der Waals surface area contributed by atoms with Gasteiger partial charge in [0.05, 0.1) is 68.1 Å². The molecule has 28 heteroatoms. The standard InChI is InChI=1S/C32H37FN4O.C25H31FN4O.C19H20FN3.C13H18BrNO.C12H18N2.C7H3BrFN.C3H4Cl2O2/c1-23(2)36(24(3)4)32(38)27-11-13-28(14-12-27)37(31-20-26(21-34)10-15-30(31)33)29-16-18-35(19-17-29)22-25-8-6-5-7-9-25;1-17(2)29(18(3)4)25(31)20-6-8-21(9-7-20)30(22-11-13-28-14-12-22)24-15-19(16-27)5-10-23(24)26;20-18-7-6-16(13-21)12-19(18)22-17-8-10-23(11-9-17)14-15-4-2-1-3-5-15;1-9(2)15(10(3)4)13(16)11-5-7-12(14)8-6-11;13-12-6-8-14(9-7-12)10-11-4-2-1-3-5-11;8-6-3-5(4-10)1-2-7(6)9;1-2(4)7-3(5)6/h5-15,20,23-24,29H,16-19,22H2,1-4H3;5-10,15,17-18,22,28H,11-14H2,1-4H3;1-7,12,17,22H,8-11,14H2;5-10H,1-4H3;1-5,12H,6-10,13H2;1-3H;2H,1H3. The number of amides is 3. The third-order valence-electron chi connectivity index (χ3n) is 23.9. The molecule has 20 nitrogen and oxygen atoms in total. The highest BCUT2D eigenvalue weighted by molar-refractivity contribution is 9.10. The van der Waals surface area contributed by atoms with Gasteiger partial charge in [-0.3, -0.25) is 29.1 Å². The Morgan fingerprint density at radius 1 is 0.417 bits per heavy atom. The van der Waals surface area contributed by atoms with Crippen LogP contribution in [-0.4, -0.2) is 171 Å². The summed E-state index contributed by atoms with van der Waals surface area (Å²) in [5.74, 6) is -1.29. The molecule has 10 aromatic rings. The molecule has 1 unspecified atom stereocenters. The van der Waals surface area contributed by atoms with E-state index in [9.17, 15) is 42.9 Å². The molecule has 0 aliphatic carbocycles. The van der Waals surface area contributed by atoms with Gasteiger partial charge in [0.2, 0.25) is 0 Å². The van der Waals surface area contributed by atoms with E-state index in [2.05, 4.69) is 159 Å². The quantitative estimate of drug-likeness (QED) is 0.0289. The first kappa shape index (κ1) is 113. The maximum atomic E-state index is 15.2. The van der Waals surface area contributed by atoms with E-state index in [4.69, 9.17) is 39.5 Å². The molecule has 14 rings (SSSR count). The number of halogens is 8. The summed E-state index contributed by atoms with van der Waals surface area (Å²) >= 11 is 16.2. The Bertz CT molecular complexity index is 5640. The summed E-state index contributed by atoms with van der Waals surface area (Å²) in [5.41, 5.74) is 15.0. The largest absolute Gasteiger partial charge is 0.434 e. The summed E-state index contributed by atoms with van der Waals surface area (Å²) in [6, 6.07) is 81.3. The molecule has 0 radical (unpaired) electrons. The Balaban J connectivity index is 0.000000211. The summed E-state index contributed by atoms with van der Waals surface area (Å²) in [6.45, 7) is 36.5. The molecule has 3 amide bonds. The molecule has 736 valence electrons. The van der Waals surface area contributed by atoms with E-state index < -0.39 is 11.0 Å². The molecular weight excluding hydrogens is 1930 g/mol. The minimum atomic E-state index is -0.873. The van der Waals surface area contributed by atoms with Gasteiger partial charge in [-0.15, -0.1) is 0 Å². The van der Waals surface area contributed by atoms with E-state index >= 15 is 4.39 Å². The van der Waals surface area contributed by atoms with Crippen LogP contribution >= 0.6 is 55.1 Å². The zero-order valence-electron chi connectivity index (χ0n) is 81.8. The second kappa shape index (κ2) is 57.9. The molecule has 139 heavy (non-hydrogen) atoms. The van der Waals surface area contributed by atoms with Crippen molar-refractivity contribution in [2.24, 2.45) is 5.73 Å². The zero-order valence-corrected chi connectivity index (χ0v) is 86.5. The number of nitrogens with one attached hydrogen (secondary N) is 2. The first-order valence-electron chi connectivity index (χ1n) is 47.5. The summed E-state index contributed by atoms with van der Waals surface area (Å²) < 4.78 is 61.9. The average molecular weight is 2060 g/mol. The summed E-state index contributed by atoms with van der Waals surface area (Å²) in [5, 5.41) is 42.7. The fourth-order valence-corrected chi connectivity index (χ4v) is 18.2. The topological polar surface area (TPSA) is 249 Å². The summed E-state index contributed by atoms with van der Waals surface area (Å²) in [4.78, 5) is 65.2. The molecule has 0 bridgehead atoms. The minimum Gasteiger partial charge on any atom is -0.434 e. The van der Waals surface area contributed by atoms with E-state index in [0.29, 0.717) is 61.0 Å². The van der Waals surface area contributed by atoms with E-state index in [-0.39, 0.29) is 95.4 Å². The SMILES string of the molecule is CC(C)N(C(=O)c1ccc(Br)cc1)C(C)C.CC(C)N(C(=O)c1ccc(N(c2cc(C#N)ccc2F)C2CCN(Cc3ccccc3)CC2)cc1)C(C)C.CC(C)N(C(=O)c1ccc(N(c2cc(C#N)ccc2F)C2CCNCC2)cc1)C(C)C.CC(Cl)OC(=O)Cl.N#Cc1ccc(F)c(Br)c1.N#Cc1ccc(F)c(NC2CCN(Cc3ccccc3)CC2)c1.NC1CCN(Cc2ccccc2)CC1. The van der Waals surface area contributed by atoms with E-state index in [1.54, 1.807) is 18.2 Å². The van der Waals surface area contributed by atoms with Crippen molar-refractivity contribution in [3.05, 3.63) is 324 Å². The van der Waals surface area contributed by atoms with Gasteiger partial charge < -0.3 is 45.6 Å². The summed E-state index contributed by atoms with van der Waals surface area (Å²) in [6.07, 6.45) is 7.69. The van der Waals surface area contributed by atoms with E-state index in [1.807, 2.05) is 199 Å². The van der Waals surface area contributed by atoms with E-state index in [1.165, 1.54) is 78.2 Å². The van der Waals surface area contributed by atoms with Gasteiger partial charge in [-0.05, 0) is 346 Å². The van der Waals surface area contributed by atoms with Crippen LogP contribution in [0.3, 0.4) is 0 Å². The molecule has 1 atom stereocenters. The smallest absolute Gasteiger partial charge is 0.405 e. The van der Waals surface area contributed by atoms with Crippen LogP contribution in [0.5, 0.6) is 0 Å². The van der Waals surface area contributed by atoms with Crippen molar-refractivity contribution < 1.29 is 41.5 Å². The molecule has 4 saturated heterocycles. The first-order valence-corrected chi connectivity index (χ1v) is 49.9. The number of hydrogen-bond donors (Lipinski definition) is 3. The maximum absolute atomic E-state index is 15.2. The van der Waals surface area contributed by atoms with Crippen LogP contribution in [0.15, 0.2) is 246 Å². The Morgan fingerprint density at radius 2 is 0.727 bits per heavy atom. The van der Waals surface area contributed by atoms with Gasteiger partial charge in [-0.1, -0.05) is 119 Å².